The molecule has 1 heterocycles. The molecule has 1 saturated heterocycles. The van der Waals surface area contributed by atoms with E-state index >= 15 is 0 Å². The SMILES string of the molecule is CC1(c2ccccc2)NC(=O)N(CC(=O)c2ccc(OCc3ccccc3)cc2)C1=O. The number of rotatable bonds is 7. The zero-order valence-electron chi connectivity index (χ0n) is 17.1. The molecule has 0 saturated carbocycles. The van der Waals surface area contributed by atoms with Crippen LogP contribution in [0.4, 0.5) is 4.79 Å². The molecule has 0 radical (unpaired) electrons. The van der Waals surface area contributed by atoms with Crippen molar-refractivity contribution in [1.82, 2.24) is 10.2 Å². The van der Waals surface area contributed by atoms with Gasteiger partial charge in [0.25, 0.3) is 5.91 Å². The molecule has 156 valence electrons. The Morgan fingerprint density at radius 1 is 0.903 bits per heavy atom. The lowest BCUT2D eigenvalue weighted by atomic mass is 9.92. The van der Waals surface area contributed by atoms with Gasteiger partial charge in [0.15, 0.2) is 5.78 Å². The molecule has 0 aromatic heterocycles. The third-order valence-corrected chi connectivity index (χ3v) is 5.35. The van der Waals surface area contributed by atoms with Crippen LogP contribution in [-0.2, 0) is 16.9 Å². The highest BCUT2D eigenvalue weighted by atomic mass is 16.5. The molecule has 4 rings (SSSR count). The van der Waals surface area contributed by atoms with Gasteiger partial charge in [-0.15, -0.1) is 0 Å². The van der Waals surface area contributed by atoms with Gasteiger partial charge < -0.3 is 10.1 Å². The van der Waals surface area contributed by atoms with Gasteiger partial charge in [0.05, 0.1) is 6.54 Å². The van der Waals surface area contributed by atoms with E-state index in [-0.39, 0.29) is 12.3 Å². The number of imide groups is 1. The molecule has 1 aliphatic rings. The normalized spacial score (nSPS) is 18.0. The van der Waals surface area contributed by atoms with Crippen molar-refractivity contribution in [2.45, 2.75) is 19.1 Å². The zero-order valence-corrected chi connectivity index (χ0v) is 17.1. The highest BCUT2D eigenvalue weighted by Gasteiger charge is 2.49. The van der Waals surface area contributed by atoms with Crippen LogP contribution in [0.25, 0.3) is 0 Å². The quantitative estimate of drug-likeness (QED) is 0.470. The monoisotopic (exact) mass is 414 g/mol. The second kappa shape index (κ2) is 8.44. The summed E-state index contributed by atoms with van der Waals surface area (Å²) >= 11 is 0. The Morgan fingerprint density at radius 2 is 1.52 bits per heavy atom. The molecule has 3 amide bonds. The molecule has 1 unspecified atom stereocenters. The van der Waals surface area contributed by atoms with Gasteiger partial charge in [-0.25, -0.2) is 4.79 Å². The highest BCUT2D eigenvalue weighted by Crippen LogP contribution is 2.28. The number of nitrogens with zero attached hydrogens (tertiary/aromatic N) is 1. The standard InChI is InChI=1S/C25H22N2O4/c1-25(20-10-6-3-7-11-20)23(29)27(24(30)26-25)16-22(28)19-12-14-21(15-13-19)31-17-18-8-4-2-5-9-18/h2-15H,16-17H2,1H3,(H,26,30). The maximum atomic E-state index is 12.9. The van der Waals surface area contributed by atoms with Gasteiger partial charge in [-0.1, -0.05) is 60.7 Å². The Kier molecular flexibility index (Phi) is 5.54. The van der Waals surface area contributed by atoms with Crippen LogP contribution in [0, 0.1) is 0 Å². The molecule has 1 aliphatic heterocycles. The molecule has 6 heteroatoms. The number of hydrogen-bond acceptors (Lipinski definition) is 4. The van der Waals surface area contributed by atoms with Crippen molar-refractivity contribution in [3.8, 4) is 5.75 Å². The molecule has 0 spiro atoms. The minimum atomic E-state index is -1.19. The minimum absolute atomic E-state index is 0.322. The molecule has 1 atom stereocenters. The number of urea groups is 1. The Labute approximate surface area is 180 Å². The van der Waals surface area contributed by atoms with Crippen molar-refractivity contribution in [1.29, 1.82) is 0 Å². The fourth-order valence-electron chi connectivity index (χ4n) is 3.52. The van der Waals surface area contributed by atoms with E-state index in [1.54, 1.807) is 55.5 Å². The fraction of sp³-hybridized carbons (Fsp3) is 0.160. The van der Waals surface area contributed by atoms with Gasteiger partial charge in [-0.05, 0) is 42.3 Å². The molecule has 1 N–H and O–H groups in total. The average Bonchev–Trinajstić information content (AvgIpc) is 3.03. The number of benzene rings is 3. The number of ketones is 1. The van der Waals surface area contributed by atoms with Gasteiger partial charge in [-0.2, -0.15) is 0 Å². The summed E-state index contributed by atoms with van der Waals surface area (Å²) in [5.74, 6) is -0.137. The van der Waals surface area contributed by atoms with E-state index in [1.165, 1.54) is 0 Å². The topological polar surface area (TPSA) is 75.7 Å². The number of amides is 3. The largest absolute Gasteiger partial charge is 0.489 e. The number of hydrogen-bond donors (Lipinski definition) is 1. The lowest BCUT2D eigenvalue weighted by molar-refractivity contribution is -0.130. The highest BCUT2D eigenvalue weighted by molar-refractivity contribution is 6.11. The van der Waals surface area contributed by atoms with E-state index in [9.17, 15) is 14.4 Å². The fourth-order valence-corrected chi connectivity index (χ4v) is 3.52. The van der Waals surface area contributed by atoms with Crippen LogP contribution in [0.3, 0.4) is 0 Å². The van der Waals surface area contributed by atoms with Crippen LogP contribution in [-0.4, -0.2) is 29.2 Å². The first-order valence-electron chi connectivity index (χ1n) is 9.97. The predicted molar refractivity (Wildman–Crippen MR) is 116 cm³/mol. The lowest BCUT2D eigenvalue weighted by Gasteiger charge is -2.22. The van der Waals surface area contributed by atoms with E-state index < -0.39 is 17.5 Å². The van der Waals surface area contributed by atoms with Crippen molar-refractivity contribution in [3.63, 3.8) is 0 Å². The van der Waals surface area contributed by atoms with Gasteiger partial charge in [-0.3, -0.25) is 14.5 Å². The molecule has 31 heavy (non-hydrogen) atoms. The number of nitrogens with one attached hydrogen (secondary N) is 1. The summed E-state index contributed by atoms with van der Waals surface area (Å²) in [7, 11) is 0. The molecular weight excluding hydrogens is 392 g/mol. The summed E-state index contributed by atoms with van der Waals surface area (Å²) < 4.78 is 5.73. The van der Waals surface area contributed by atoms with Gasteiger partial charge in [0.1, 0.15) is 17.9 Å². The molecule has 3 aromatic carbocycles. The second-order valence-electron chi connectivity index (χ2n) is 7.53. The Hall–Kier alpha value is -3.93. The number of ether oxygens (including phenoxy) is 1. The van der Waals surface area contributed by atoms with Crippen LogP contribution < -0.4 is 10.1 Å². The summed E-state index contributed by atoms with van der Waals surface area (Å²) in [6, 6.07) is 24.9. The molecule has 3 aromatic rings. The van der Waals surface area contributed by atoms with Crippen molar-refractivity contribution in [3.05, 3.63) is 102 Å². The minimum Gasteiger partial charge on any atom is -0.489 e. The summed E-state index contributed by atoms with van der Waals surface area (Å²) in [6.45, 7) is 1.75. The summed E-state index contributed by atoms with van der Waals surface area (Å²) in [6.07, 6.45) is 0. The van der Waals surface area contributed by atoms with Gasteiger partial charge in [0.2, 0.25) is 0 Å². The van der Waals surface area contributed by atoms with Crippen LogP contribution in [0.2, 0.25) is 0 Å². The summed E-state index contributed by atoms with van der Waals surface area (Å²) in [5.41, 5.74) is 0.931. The van der Waals surface area contributed by atoms with Crippen molar-refractivity contribution < 1.29 is 19.1 Å². The van der Waals surface area contributed by atoms with Crippen molar-refractivity contribution in [2.75, 3.05) is 6.54 Å². The third kappa shape index (κ3) is 4.19. The first-order valence-corrected chi connectivity index (χ1v) is 9.97. The van der Waals surface area contributed by atoms with Crippen LogP contribution >= 0.6 is 0 Å². The molecule has 0 aliphatic carbocycles. The van der Waals surface area contributed by atoms with Gasteiger partial charge in [0, 0.05) is 5.56 Å². The maximum Gasteiger partial charge on any atom is 0.325 e. The van der Waals surface area contributed by atoms with E-state index in [1.807, 2.05) is 36.4 Å². The smallest absolute Gasteiger partial charge is 0.325 e. The lowest BCUT2D eigenvalue weighted by Crippen LogP contribution is -2.41. The first kappa shape index (κ1) is 20.3. The summed E-state index contributed by atoms with van der Waals surface area (Å²) in [5, 5.41) is 2.71. The summed E-state index contributed by atoms with van der Waals surface area (Å²) in [4.78, 5) is 39.1. The van der Waals surface area contributed by atoms with E-state index in [4.69, 9.17) is 4.74 Å². The van der Waals surface area contributed by atoms with Crippen LogP contribution in [0.5, 0.6) is 5.75 Å². The van der Waals surface area contributed by atoms with E-state index in [2.05, 4.69) is 5.32 Å². The van der Waals surface area contributed by atoms with E-state index in [0.717, 1.165) is 10.5 Å². The Morgan fingerprint density at radius 3 is 2.16 bits per heavy atom. The Bertz CT molecular complexity index is 1100. The first-order chi connectivity index (χ1) is 15.0. The predicted octanol–water partition coefficient (Wildman–Crippen LogP) is 3.92. The average molecular weight is 414 g/mol. The van der Waals surface area contributed by atoms with Crippen molar-refractivity contribution >= 4 is 17.7 Å². The molecular formula is C25H22N2O4. The third-order valence-electron chi connectivity index (χ3n) is 5.35. The molecule has 1 fully saturated rings. The van der Waals surface area contributed by atoms with Crippen LogP contribution in [0.1, 0.15) is 28.4 Å². The second-order valence-corrected chi connectivity index (χ2v) is 7.53. The zero-order chi connectivity index (χ0) is 21.8. The van der Waals surface area contributed by atoms with Crippen LogP contribution in [0.15, 0.2) is 84.9 Å². The van der Waals surface area contributed by atoms with E-state index in [0.29, 0.717) is 23.5 Å². The van der Waals surface area contributed by atoms with Gasteiger partial charge >= 0.3 is 6.03 Å². The number of carbonyl (C=O) groups excluding carboxylic acids is 3. The molecule has 0 bridgehead atoms. The molecule has 6 nitrogen and oxygen atoms in total. The Balaban J connectivity index is 1.41. The maximum absolute atomic E-state index is 12.9. The number of Topliss-reactive ketones (excluding diaryl/α,β-unsaturated/α-hetero) is 1. The number of carbonyl (C=O) groups is 3. The van der Waals surface area contributed by atoms with Crippen molar-refractivity contribution in [2.24, 2.45) is 0 Å².